The van der Waals surface area contributed by atoms with Gasteiger partial charge in [-0.25, -0.2) is 9.59 Å². The molecule has 0 saturated carbocycles. The molecule has 11 heteroatoms. The fraction of sp³-hybridized carbons (Fsp3) is 0.500. The average molecular weight is 562 g/mol. The summed E-state index contributed by atoms with van der Waals surface area (Å²) in [5, 5.41) is 12.7. The number of carbonyl (C=O) groups excluding carboxylic acids is 1. The monoisotopic (exact) mass is 561 g/mol. The molecule has 0 aliphatic carbocycles. The number of amides is 1. The summed E-state index contributed by atoms with van der Waals surface area (Å²) in [6.45, 7) is 13.0. The Morgan fingerprint density at radius 3 is 2.18 bits per heavy atom. The molecule has 1 aliphatic heterocycles. The molecule has 2 aromatic rings. The number of carboxylic acid groups (broad SMARTS) is 1. The zero-order chi connectivity index (χ0) is 29.2. The number of carboxylic acids is 1. The van der Waals surface area contributed by atoms with Crippen LogP contribution >= 0.6 is 11.6 Å². The molecule has 2 aromatic carbocycles. The van der Waals surface area contributed by atoms with E-state index in [2.05, 4.69) is 5.32 Å². The maximum atomic E-state index is 12.4. The van der Waals surface area contributed by atoms with Crippen LogP contribution in [0.25, 0.3) is 0 Å². The lowest BCUT2D eigenvalue weighted by Crippen LogP contribution is -2.45. The highest BCUT2D eigenvalue weighted by Crippen LogP contribution is 2.38. The Morgan fingerprint density at radius 2 is 1.67 bits per heavy atom. The van der Waals surface area contributed by atoms with Crippen LogP contribution in [0.5, 0.6) is 11.5 Å². The Balaban J connectivity index is 2.00. The topological polar surface area (TPSA) is 113 Å². The number of halogens is 1. The van der Waals surface area contributed by atoms with Crippen molar-refractivity contribution < 1.29 is 38.2 Å². The highest BCUT2D eigenvalue weighted by atomic mass is 35.5. The highest BCUT2D eigenvalue weighted by Gasteiger charge is 2.52. The molecule has 1 aliphatic rings. The number of rotatable bonds is 9. The van der Waals surface area contributed by atoms with Gasteiger partial charge in [-0.3, -0.25) is 0 Å². The van der Waals surface area contributed by atoms with Gasteiger partial charge in [0.15, 0.2) is 0 Å². The number of hydrogen-bond donors (Lipinski definition) is 2. The van der Waals surface area contributed by atoms with E-state index in [-0.39, 0.29) is 13.0 Å². The Kier molecular flexibility index (Phi) is 9.14. The first-order valence-electron chi connectivity index (χ1n) is 12.7. The summed E-state index contributed by atoms with van der Waals surface area (Å²) in [7, 11) is 0.771. The van der Waals surface area contributed by atoms with Gasteiger partial charge in [-0.05, 0) is 83.9 Å². The summed E-state index contributed by atoms with van der Waals surface area (Å²) >= 11 is 6.51. The smallest absolute Gasteiger partial charge is 0.497 e. The fourth-order valence-corrected chi connectivity index (χ4v) is 4.14. The van der Waals surface area contributed by atoms with E-state index in [9.17, 15) is 14.7 Å². The molecule has 0 unspecified atom stereocenters. The second-order valence-corrected chi connectivity index (χ2v) is 11.9. The number of carbonyl (C=O) groups is 2. The highest BCUT2D eigenvalue weighted by molar-refractivity contribution is 6.63. The van der Waals surface area contributed by atoms with E-state index in [1.165, 1.54) is 0 Å². The van der Waals surface area contributed by atoms with Crippen LogP contribution in [-0.2, 0) is 31.9 Å². The molecule has 0 aromatic heterocycles. The minimum Gasteiger partial charge on any atom is -0.497 e. The number of hydrogen-bond acceptors (Lipinski definition) is 7. The van der Waals surface area contributed by atoms with Crippen LogP contribution in [0, 0.1) is 0 Å². The van der Waals surface area contributed by atoms with Crippen molar-refractivity contribution in [1.29, 1.82) is 0 Å². The molecule has 9 nitrogen and oxygen atoms in total. The first-order valence-corrected chi connectivity index (χ1v) is 13.0. The van der Waals surface area contributed by atoms with Crippen molar-refractivity contribution in [3.63, 3.8) is 0 Å². The van der Waals surface area contributed by atoms with E-state index >= 15 is 0 Å². The zero-order valence-corrected chi connectivity index (χ0v) is 24.5. The van der Waals surface area contributed by atoms with Crippen LogP contribution in [0.15, 0.2) is 36.4 Å². The van der Waals surface area contributed by atoms with E-state index < -0.39 is 42.0 Å². The molecule has 1 heterocycles. The van der Waals surface area contributed by atoms with Crippen molar-refractivity contribution >= 4 is 36.2 Å². The van der Waals surface area contributed by atoms with Gasteiger partial charge in [0.2, 0.25) is 0 Å². The van der Waals surface area contributed by atoms with Crippen LogP contribution in [0.1, 0.15) is 59.6 Å². The number of alkyl carbamates (subject to hydrolysis) is 1. The van der Waals surface area contributed by atoms with Gasteiger partial charge in [0.1, 0.15) is 29.7 Å². The first kappa shape index (κ1) is 30.6. The molecular weight excluding hydrogens is 525 g/mol. The maximum absolute atomic E-state index is 12.4. The second kappa shape index (κ2) is 11.7. The molecule has 1 saturated heterocycles. The minimum absolute atomic E-state index is 0.125. The van der Waals surface area contributed by atoms with Crippen LogP contribution in [0.4, 0.5) is 4.79 Å². The summed E-state index contributed by atoms with van der Waals surface area (Å²) in [6, 6.07) is 9.37. The second-order valence-electron chi connectivity index (χ2n) is 11.4. The Hall–Kier alpha value is -2.95. The van der Waals surface area contributed by atoms with Gasteiger partial charge in [-0.15, -0.1) is 0 Å². The van der Waals surface area contributed by atoms with Crippen molar-refractivity contribution in [1.82, 2.24) is 5.32 Å². The maximum Gasteiger partial charge on any atom is 0.498 e. The predicted molar refractivity (Wildman–Crippen MR) is 149 cm³/mol. The van der Waals surface area contributed by atoms with Gasteiger partial charge < -0.3 is 33.9 Å². The van der Waals surface area contributed by atoms with E-state index in [1.807, 2.05) is 52.0 Å². The number of benzene rings is 2. The van der Waals surface area contributed by atoms with E-state index in [4.69, 9.17) is 35.1 Å². The van der Waals surface area contributed by atoms with Gasteiger partial charge in [-0.2, -0.15) is 0 Å². The Labute approximate surface area is 235 Å². The molecular formula is C28H37BClNO8. The van der Waals surface area contributed by atoms with Gasteiger partial charge in [0.05, 0.1) is 18.3 Å². The van der Waals surface area contributed by atoms with Crippen molar-refractivity contribution in [2.45, 2.75) is 84.3 Å². The third kappa shape index (κ3) is 7.80. The van der Waals surface area contributed by atoms with Crippen LogP contribution in [0.2, 0.25) is 5.02 Å². The zero-order valence-electron chi connectivity index (χ0n) is 23.7. The van der Waals surface area contributed by atoms with Crippen LogP contribution < -0.4 is 20.3 Å². The summed E-state index contributed by atoms with van der Waals surface area (Å²) < 4.78 is 29.3. The summed E-state index contributed by atoms with van der Waals surface area (Å²) in [6.07, 6.45) is -0.969. The number of nitrogens with one attached hydrogen (secondary N) is 1. The molecule has 1 amide bonds. The molecule has 0 spiro atoms. The molecule has 2 N–H and O–H groups in total. The van der Waals surface area contributed by atoms with Gasteiger partial charge >= 0.3 is 19.2 Å². The van der Waals surface area contributed by atoms with E-state index in [0.717, 1.165) is 5.56 Å². The lowest BCUT2D eigenvalue weighted by atomic mass is 9.77. The lowest BCUT2D eigenvalue weighted by molar-refractivity contribution is -0.139. The quantitative estimate of drug-likeness (QED) is 0.422. The molecule has 1 atom stereocenters. The fourth-order valence-electron chi connectivity index (χ4n) is 3.89. The summed E-state index contributed by atoms with van der Waals surface area (Å²) in [5.41, 5.74) is -0.210. The molecule has 1 fully saturated rings. The van der Waals surface area contributed by atoms with Gasteiger partial charge in [0, 0.05) is 16.9 Å². The van der Waals surface area contributed by atoms with Crippen LogP contribution in [-0.4, -0.2) is 54.2 Å². The van der Waals surface area contributed by atoms with Gasteiger partial charge in [0.25, 0.3) is 0 Å². The normalized spacial score (nSPS) is 16.9. The Morgan fingerprint density at radius 1 is 1.08 bits per heavy atom. The standard InChI is InChI=1S/C28H37BClNO8/c1-26(2,3)37-25(34)31-22(24(32)33)14-18-13-19(30)15-21(29-38-27(4,5)28(6,7)39-29)23(18)36-16-17-9-11-20(35-8)12-10-17/h9-13,15,22H,14,16H2,1-8H3,(H,31,34)(H,32,33)/t22-/m0/s1. The number of aliphatic carboxylic acids is 1. The van der Waals surface area contributed by atoms with Crippen molar-refractivity contribution in [3.05, 3.63) is 52.5 Å². The van der Waals surface area contributed by atoms with Crippen molar-refractivity contribution in [2.24, 2.45) is 0 Å². The SMILES string of the molecule is COc1ccc(COc2c(C[C@H](NC(=O)OC(C)(C)C)C(=O)O)cc(Cl)cc2B2OC(C)(C)C(C)(C)O2)cc1. The predicted octanol–water partition coefficient (Wildman–Crippen LogP) is 4.75. The summed E-state index contributed by atoms with van der Waals surface area (Å²) in [5.74, 6) is -0.161. The molecule has 0 radical (unpaired) electrons. The van der Waals surface area contributed by atoms with E-state index in [0.29, 0.717) is 27.5 Å². The van der Waals surface area contributed by atoms with Crippen molar-refractivity contribution in [2.75, 3.05) is 7.11 Å². The first-order chi connectivity index (χ1) is 18.0. The van der Waals surface area contributed by atoms with E-state index in [1.54, 1.807) is 40.0 Å². The molecule has 0 bridgehead atoms. The number of methoxy groups -OCH3 is 1. The third-order valence-corrected chi connectivity index (χ3v) is 6.84. The largest absolute Gasteiger partial charge is 0.498 e. The molecule has 39 heavy (non-hydrogen) atoms. The third-order valence-electron chi connectivity index (χ3n) is 6.62. The minimum atomic E-state index is -1.31. The lowest BCUT2D eigenvalue weighted by Gasteiger charge is -2.32. The Bertz CT molecular complexity index is 1180. The number of ether oxygens (including phenoxy) is 3. The summed E-state index contributed by atoms with van der Waals surface area (Å²) in [4.78, 5) is 24.5. The van der Waals surface area contributed by atoms with Crippen molar-refractivity contribution in [3.8, 4) is 11.5 Å². The average Bonchev–Trinajstić information content (AvgIpc) is 3.03. The molecule has 3 rings (SSSR count). The van der Waals surface area contributed by atoms with Crippen LogP contribution in [0.3, 0.4) is 0 Å². The molecule has 212 valence electrons. The van der Waals surface area contributed by atoms with Gasteiger partial charge in [-0.1, -0.05) is 23.7 Å².